The summed E-state index contributed by atoms with van der Waals surface area (Å²) in [5.74, 6) is -0.122. The van der Waals surface area contributed by atoms with E-state index in [1.165, 1.54) is 23.5 Å². The highest BCUT2D eigenvalue weighted by Crippen LogP contribution is 2.31. The molecule has 0 unspecified atom stereocenters. The first-order valence-electron chi connectivity index (χ1n) is 7.17. The number of methoxy groups -OCH3 is 1. The van der Waals surface area contributed by atoms with Crippen molar-refractivity contribution in [3.8, 4) is 5.75 Å². The zero-order valence-electron chi connectivity index (χ0n) is 12.5. The number of anilines is 1. The van der Waals surface area contributed by atoms with E-state index in [-0.39, 0.29) is 23.1 Å². The number of ether oxygens (including phenoxy) is 1. The number of carbonyl (C=O) groups is 1. The molecule has 1 aliphatic rings. The van der Waals surface area contributed by atoms with Gasteiger partial charge in [-0.15, -0.1) is 0 Å². The summed E-state index contributed by atoms with van der Waals surface area (Å²) >= 11 is 0. The predicted molar refractivity (Wildman–Crippen MR) is 83.3 cm³/mol. The first-order valence-corrected chi connectivity index (χ1v) is 8.61. The zero-order valence-corrected chi connectivity index (χ0v) is 13.4. The standard InChI is InChI=1S/C14H21N3O4S/c1-21-12-6-5-11(16-14(18)10-15)9-13(12)22(19,20)17-7-3-2-4-8-17/h5-6,9H,2-4,7-8,10,15H2,1H3,(H,16,18). The molecule has 1 aromatic rings. The highest BCUT2D eigenvalue weighted by Gasteiger charge is 2.29. The molecule has 8 heteroatoms. The third kappa shape index (κ3) is 3.57. The molecule has 1 aromatic carbocycles. The highest BCUT2D eigenvalue weighted by atomic mass is 32.2. The number of nitrogens with zero attached hydrogens (tertiary/aromatic N) is 1. The Morgan fingerprint density at radius 2 is 2.00 bits per heavy atom. The molecule has 3 N–H and O–H groups in total. The van der Waals surface area contributed by atoms with E-state index >= 15 is 0 Å². The molecule has 0 radical (unpaired) electrons. The third-order valence-electron chi connectivity index (χ3n) is 3.57. The van der Waals surface area contributed by atoms with Crippen molar-refractivity contribution in [3.05, 3.63) is 18.2 Å². The summed E-state index contributed by atoms with van der Waals surface area (Å²) < 4.78 is 32.2. The van der Waals surface area contributed by atoms with Crippen LogP contribution in [0.3, 0.4) is 0 Å². The maximum atomic E-state index is 12.8. The fraction of sp³-hybridized carbons (Fsp3) is 0.500. The predicted octanol–water partition coefficient (Wildman–Crippen LogP) is 0.767. The number of rotatable bonds is 5. The molecule has 0 saturated carbocycles. The van der Waals surface area contributed by atoms with Crippen LogP contribution in [0.2, 0.25) is 0 Å². The number of sulfonamides is 1. The molecule has 1 heterocycles. The second kappa shape index (κ2) is 7.08. The molecule has 1 fully saturated rings. The van der Waals surface area contributed by atoms with Crippen molar-refractivity contribution < 1.29 is 17.9 Å². The van der Waals surface area contributed by atoms with Crippen LogP contribution in [0.25, 0.3) is 0 Å². The van der Waals surface area contributed by atoms with Gasteiger partial charge < -0.3 is 15.8 Å². The molecule has 0 aliphatic carbocycles. The topological polar surface area (TPSA) is 102 Å². The maximum Gasteiger partial charge on any atom is 0.246 e. The van der Waals surface area contributed by atoms with Crippen LogP contribution in [0.5, 0.6) is 5.75 Å². The molecule has 0 bridgehead atoms. The van der Waals surface area contributed by atoms with Gasteiger partial charge in [0.25, 0.3) is 0 Å². The van der Waals surface area contributed by atoms with Crippen molar-refractivity contribution in [2.45, 2.75) is 24.2 Å². The minimum absolute atomic E-state index is 0.0618. The van der Waals surface area contributed by atoms with Gasteiger partial charge in [0.15, 0.2) is 0 Å². The summed E-state index contributed by atoms with van der Waals surface area (Å²) in [5.41, 5.74) is 5.63. The summed E-state index contributed by atoms with van der Waals surface area (Å²) in [6.45, 7) is 0.843. The van der Waals surface area contributed by atoms with E-state index in [0.717, 1.165) is 19.3 Å². The number of nitrogens with one attached hydrogen (secondary N) is 1. The molecule has 0 aromatic heterocycles. The lowest BCUT2D eigenvalue weighted by Crippen LogP contribution is -2.35. The number of hydrogen-bond donors (Lipinski definition) is 2. The number of benzene rings is 1. The average Bonchev–Trinajstić information content (AvgIpc) is 2.55. The van der Waals surface area contributed by atoms with E-state index in [2.05, 4.69) is 5.32 Å². The lowest BCUT2D eigenvalue weighted by Gasteiger charge is -2.26. The minimum atomic E-state index is -3.64. The Kier molecular flexibility index (Phi) is 5.38. The van der Waals surface area contributed by atoms with Gasteiger partial charge in [0.1, 0.15) is 10.6 Å². The van der Waals surface area contributed by atoms with Gasteiger partial charge in [-0.3, -0.25) is 4.79 Å². The van der Waals surface area contributed by atoms with E-state index in [0.29, 0.717) is 18.8 Å². The summed E-state index contributed by atoms with van der Waals surface area (Å²) in [6, 6.07) is 4.53. The monoisotopic (exact) mass is 327 g/mol. The van der Waals surface area contributed by atoms with Gasteiger partial charge in [-0.25, -0.2) is 8.42 Å². The normalized spacial score (nSPS) is 16.3. The molecular weight excluding hydrogens is 306 g/mol. The SMILES string of the molecule is COc1ccc(NC(=O)CN)cc1S(=O)(=O)N1CCCCC1. The van der Waals surface area contributed by atoms with Crippen molar-refractivity contribution in [2.75, 3.05) is 32.1 Å². The lowest BCUT2D eigenvalue weighted by atomic mass is 10.2. The number of piperidine rings is 1. The van der Waals surface area contributed by atoms with E-state index in [9.17, 15) is 13.2 Å². The van der Waals surface area contributed by atoms with Gasteiger partial charge in [0.05, 0.1) is 13.7 Å². The van der Waals surface area contributed by atoms with Crippen LogP contribution in [0.1, 0.15) is 19.3 Å². The van der Waals surface area contributed by atoms with Crippen LogP contribution in [-0.4, -0.2) is 45.4 Å². The molecular formula is C14H21N3O4S. The molecule has 1 amide bonds. The second-order valence-electron chi connectivity index (χ2n) is 5.08. The van der Waals surface area contributed by atoms with E-state index in [1.54, 1.807) is 6.07 Å². The van der Waals surface area contributed by atoms with Gasteiger partial charge in [-0.1, -0.05) is 6.42 Å². The van der Waals surface area contributed by atoms with Gasteiger partial charge >= 0.3 is 0 Å². The summed E-state index contributed by atoms with van der Waals surface area (Å²) in [5, 5.41) is 2.56. The van der Waals surface area contributed by atoms with Crippen LogP contribution < -0.4 is 15.8 Å². The fourth-order valence-electron chi connectivity index (χ4n) is 2.41. The van der Waals surface area contributed by atoms with Gasteiger partial charge in [-0.2, -0.15) is 4.31 Å². The molecule has 22 heavy (non-hydrogen) atoms. The Labute approximate surface area is 130 Å². The fourth-order valence-corrected chi connectivity index (χ4v) is 4.11. The summed E-state index contributed by atoms with van der Waals surface area (Å²) in [4.78, 5) is 11.4. The van der Waals surface area contributed by atoms with Crippen LogP contribution in [-0.2, 0) is 14.8 Å². The quantitative estimate of drug-likeness (QED) is 0.831. The van der Waals surface area contributed by atoms with E-state index in [1.807, 2.05) is 0 Å². The van der Waals surface area contributed by atoms with E-state index in [4.69, 9.17) is 10.5 Å². The smallest absolute Gasteiger partial charge is 0.246 e. The second-order valence-corrected chi connectivity index (χ2v) is 6.99. The molecule has 1 aliphatic heterocycles. The Hall–Kier alpha value is -1.64. The lowest BCUT2D eigenvalue weighted by molar-refractivity contribution is -0.114. The largest absolute Gasteiger partial charge is 0.495 e. The van der Waals surface area contributed by atoms with Crippen LogP contribution in [0, 0.1) is 0 Å². The summed E-state index contributed by atoms with van der Waals surface area (Å²) in [7, 11) is -2.22. The van der Waals surface area contributed by atoms with Crippen LogP contribution in [0.4, 0.5) is 5.69 Å². The maximum absolute atomic E-state index is 12.8. The first-order chi connectivity index (χ1) is 10.5. The molecule has 0 atom stereocenters. The van der Waals surface area contributed by atoms with E-state index < -0.39 is 10.0 Å². The minimum Gasteiger partial charge on any atom is -0.495 e. The molecule has 122 valence electrons. The van der Waals surface area contributed by atoms with Crippen LogP contribution in [0.15, 0.2) is 23.1 Å². The molecule has 2 rings (SSSR count). The number of hydrogen-bond acceptors (Lipinski definition) is 5. The van der Waals surface area contributed by atoms with Crippen molar-refractivity contribution in [1.29, 1.82) is 0 Å². The number of nitrogens with two attached hydrogens (primary N) is 1. The Bertz CT molecular complexity index is 639. The van der Waals surface area contributed by atoms with Crippen LogP contribution >= 0.6 is 0 Å². The van der Waals surface area contributed by atoms with Crippen molar-refractivity contribution in [3.63, 3.8) is 0 Å². The summed E-state index contributed by atoms with van der Waals surface area (Å²) in [6.07, 6.45) is 2.74. The molecule has 1 saturated heterocycles. The highest BCUT2D eigenvalue weighted by molar-refractivity contribution is 7.89. The first kappa shape index (κ1) is 16.7. The zero-order chi connectivity index (χ0) is 16.2. The Balaban J connectivity index is 2.38. The average molecular weight is 327 g/mol. The van der Waals surface area contributed by atoms with Gasteiger partial charge in [-0.05, 0) is 31.0 Å². The number of amides is 1. The third-order valence-corrected chi connectivity index (χ3v) is 5.49. The Morgan fingerprint density at radius 1 is 1.32 bits per heavy atom. The molecule has 0 spiro atoms. The van der Waals surface area contributed by atoms with Crippen molar-refractivity contribution in [1.82, 2.24) is 4.31 Å². The number of carbonyl (C=O) groups excluding carboxylic acids is 1. The van der Waals surface area contributed by atoms with Gasteiger partial charge in [0.2, 0.25) is 15.9 Å². The Morgan fingerprint density at radius 3 is 2.59 bits per heavy atom. The van der Waals surface area contributed by atoms with Crippen molar-refractivity contribution >= 4 is 21.6 Å². The molecule has 7 nitrogen and oxygen atoms in total. The van der Waals surface area contributed by atoms with Crippen molar-refractivity contribution in [2.24, 2.45) is 5.73 Å². The van der Waals surface area contributed by atoms with Gasteiger partial charge in [0, 0.05) is 18.8 Å².